The van der Waals surface area contributed by atoms with Crippen molar-refractivity contribution in [2.24, 2.45) is 0 Å². The van der Waals surface area contributed by atoms with Gasteiger partial charge in [-0.15, -0.1) is 0 Å². The Balaban J connectivity index is 1.74. The summed E-state index contributed by atoms with van der Waals surface area (Å²) in [6.07, 6.45) is 0.282. The topological polar surface area (TPSA) is 68.5 Å². The molecule has 0 spiro atoms. The highest BCUT2D eigenvalue weighted by molar-refractivity contribution is 5.95. The normalized spacial score (nSPS) is 13.1. The Hall–Kier alpha value is -3.08. The Morgan fingerprint density at radius 1 is 1.11 bits per heavy atom. The minimum atomic E-state index is -0.706. The van der Waals surface area contributed by atoms with Gasteiger partial charge in [0.2, 0.25) is 0 Å². The van der Waals surface area contributed by atoms with Crippen LogP contribution in [-0.4, -0.2) is 12.0 Å². The van der Waals surface area contributed by atoms with Gasteiger partial charge < -0.3 is 14.5 Å². The highest BCUT2D eigenvalue weighted by Crippen LogP contribution is 2.27. The predicted octanol–water partition coefficient (Wildman–Crippen LogP) is 4.71. The summed E-state index contributed by atoms with van der Waals surface area (Å²) in [4.78, 5) is 24.0. The maximum absolute atomic E-state index is 12.6. The Kier molecular flexibility index (Phi) is 5.60. The summed E-state index contributed by atoms with van der Waals surface area (Å²) >= 11 is 0. The molecule has 2 atom stereocenters. The van der Waals surface area contributed by atoms with Crippen molar-refractivity contribution in [2.75, 3.05) is 5.32 Å². The Labute approximate surface area is 158 Å². The molecule has 1 amide bonds. The number of amides is 1. The van der Waals surface area contributed by atoms with Gasteiger partial charge in [-0.25, -0.2) is 4.79 Å². The van der Waals surface area contributed by atoms with E-state index in [4.69, 9.17) is 9.15 Å². The lowest BCUT2D eigenvalue weighted by Crippen LogP contribution is -2.30. The molecule has 1 N–H and O–H groups in total. The van der Waals surface area contributed by atoms with Crippen molar-refractivity contribution in [1.29, 1.82) is 0 Å². The minimum absolute atomic E-state index is 0.236. The second kappa shape index (κ2) is 8.08. The van der Waals surface area contributed by atoms with Crippen LogP contribution in [0.15, 0.2) is 63.8 Å². The van der Waals surface area contributed by atoms with Crippen LogP contribution in [0, 0.1) is 0 Å². The zero-order valence-electron chi connectivity index (χ0n) is 15.7. The Bertz CT molecular complexity index is 1010. The van der Waals surface area contributed by atoms with Crippen molar-refractivity contribution < 1.29 is 13.9 Å². The van der Waals surface area contributed by atoms with E-state index in [0.717, 1.165) is 23.1 Å². The van der Waals surface area contributed by atoms with Gasteiger partial charge in [0.15, 0.2) is 6.10 Å². The molecule has 27 heavy (non-hydrogen) atoms. The number of carbonyl (C=O) groups is 1. The van der Waals surface area contributed by atoms with Crippen molar-refractivity contribution in [3.8, 4) is 5.75 Å². The highest BCUT2D eigenvalue weighted by atomic mass is 16.5. The molecule has 0 saturated heterocycles. The number of para-hydroxylation sites is 1. The first-order valence-electron chi connectivity index (χ1n) is 9.08. The van der Waals surface area contributed by atoms with Crippen LogP contribution in [0.1, 0.15) is 38.7 Å². The van der Waals surface area contributed by atoms with Crippen LogP contribution in [0.4, 0.5) is 5.69 Å². The fourth-order valence-electron chi connectivity index (χ4n) is 2.87. The molecule has 140 valence electrons. The molecule has 0 saturated carbocycles. The van der Waals surface area contributed by atoms with E-state index in [9.17, 15) is 9.59 Å². The zero-order valence-corrected chi connectivity index (χ0v) is 15.7. The lowest BCUT2D eigenvalue weighted by Gasteiger charge is -2.18. The number of rotatable bonds is 6. The first kappa shape index (κ1) is 18.7. The number of fused-ring (bicyclic) bond motifs is 1. The molecule has 0 radical (unpaired) electrons. The van der Waals surface area contributed by atoms with Crippen molar-refractivity contribution in [1.82, 2.24) is 0 Å². The first-order valence-corrected chi connectivity index (χ1v) is 9.08. The third kappa shape index (κ3) is 4.37. The van der Waals surface area contributed by atoms with Crippen molar-refractivity contribution in [3.63, 3.8) is 0 Å². The molecule has 1 heterocycles. The van der Waals surface area contributed by atoms with Gasteiger partial charge in [-0.3, -0.25) is 4.79 Å². The van der Waals surface area contributed by atoms with E-state index in [1.807, 2.05) is 24.3 Å². The maximum atomic E-state index is 12.6. The second-order valence-electron chi connectivity index (χ2n) is 6.60. The largest absolute Gasteiger partial charge is 0.481 e. The van der Waals surface area contributed by atoms with Gasteiger partial charge in [-0.1, -0.05) is 32.0 Å². The van der Waals surface area contributed by atoms with Crippen LogP contribution < -0.4 is 15.7 Å². The number of ether oxygens (including phenoxy) is 1. The zero-order chi connectivity index (χ0) is 19.4. The molecular formula is C22H23NO4. The second-order valence-corrected chi connectivity index (χ2v) is 6.60. The quantitative estimate of drug-likeness (QED) is 0.642. The molecule has 5 nitrogen and oxygen atoms in total. The molecule has 2 aromatic carbocycles. The van der Waals surface area contributed by atoms with Crippen LogP contribution >= 0.6 is 0 Å². The summed E-state index contributed by atoms with van der Waals surface area (Å²) in [6, 6.07) is 16.0. The van der Waals surface area contributed by atoms with Crippen LogP contribution in [0.25, 0.3) is 11.0 Å². The molecule has 0 fully saturated rings. The molecule has 5 heteroatoms. The predicted molar refractivity (Wildman–Crippen MR) is 106 cm³/mol. The first-order chi connectivity index (χ1) is 13.0. The molecule has 3 aromatic rings. The van der Waals surface area contributed by atoms with Gasteiger partial charge in [0.25, 0.3) is 5.91 Å². The number of hydrogen-bond acceptors (Lipinski definition) is 4. The average Bonchev–Trinajstić information content (AvgIpc) is 2.67. The minimum Gasteiger partial charge on any atom is -0.481 e. The fraction of sp³-hybridized carbons (Fsp3) is 0.273. The van der Waals surface area contributed by atoms with Crippen molar-refractivity contribution >= 4 is 22.6 Å². The lowest BCUT2D eigenvalue weighted by molar-refractivity contribution is -0.122. The molecule has 0 aliphatic carbocycles. The van der Waals surface area contributed by atoms with Crippen molar-refractivity contribution in [2.45, 2.75) is 39.2 Å². The van der Waals surface area contributed by atoms with E-state index in [-0.39, 0.29) is 5.91 Å². The standard InChI is InChI=1S/C22H23NO4/c1-4-14(2)18-7-5-6-8-19(18)23-22(25)15(3)26-17-11-9-16-10-12-21(24)27-20(16)13-17/h5-15H,4H2,1-3H3,(H,23,25)/t14-,15+/m1/s1. The van der Waals surface area contributed by atoms with E-state index >= 15 is 0 Å². The summed E-state index contributed by atoms with van der Waals surface area (Å²) < 4.78 is 10.9. The smallest absolute Gasteiger partial charge is 0.336 e. The third-order valence-electron chi connectivity index (χ3n) is 4.64. The molecule has 0 unspecified atom stereocenters. The van der Waals surface area contributed by atoms with Crippen LogP contribution in [0.5, 0.6) is 5.75 Å². The third-order valence-corrected chi connectivity index (χ3v) is 4.64. The molecule has 1 aromatic heterocycles. The lowest BCUT2D eigenvalue weighted by atomic mass is 9.97. The van der Waals surface area contributed by atoms with Gasteiger partial charge in [0, 0.05) is 23.2 Å². The molecule has 0 bridgehead atoms. The maximum Gasteiger partial charge on any atom is 0.336 e. The summed E-state index contributed by atoms with van der Waals surface area (Å²) in [5.41, 5.74) is 1.91. The number of benzene rings is 2. The Morgan fingerprint density at radius 2 is 1.85 bits per heavy atom. The van der Waals surface area contributed by atoms with Crippen LogP contribution in [-0.2, 0) is 4.79 Å². The van der Waals surface area contributed by atoms with E-state index in [1.54, 1.807) is 31.2 Å². The van der Waals surface area contributed by atoms with Gasteiger partial charge in [-0.2, -0.15) is 0 Å². The fourth-order valence-corrected chi connectivity index (χ4v) is 2.87. The van der Waals surface area contributed by atoms with E-state index in [1.165, 1.54) is 6.07 Å². The molecule has 0 aliphatic rings. The van der Waals surface area contributed by atoms with E-state index in [2.05, 4.69) is 19.2 Å². The molecular weight excluding hydrogens is 342 g/mol. The monoisotopic (exact) mass is 365 g/mol. The number of nitrogens with one attached hydrogen (secondary N) is 1. The van der Waals surface area contributed by atoms with Gasteiger partial charge in [0.1, 0.15) is 11.3 Å². The number of anilines is 1. The molecule has 0 aliphatic heterocycles. The Morgan fingerprint density at radius 3 is 2.63 bits per heavy atom. The van der Waals surface area contributed by atoms with Gasteiger partial charge >= 0.3 is 5.63 Å². The highest BCUT2D eigenvalue weighted by Gasteiger charge is 2.18. The van der Waals surface area contributed by atoms with Gasteiger partial charge in [-0.05, 0) is 49.1 Å². The summed E-state index contributed by atoms with van der Waals surface area (Å²) in [5.74, 6) is 0.580. The van der Waals surface area contributed by atoms with E-state index in [0.29, 0.717) is 17.3 Å². The van der Waals surface area contributed by atoms with Crippen molar-refractivity contribution in [3.05, 3.63) is 70.6 Å². The van der Waals surface area contributed by atoms with E-state index < -0.39 is 11.7 Å². The van der Waals surface area contributed by atoms with Crippen LogP contribution in [0.2, 0.25) is 0 Å². The SMILES string of the molecule is CC[C@@H](C)c1ccccc1NC(=O)[C@H](C)Oc1ccc2ccc(=O)oc2c1. The van der Waals surface area contributed by atoms with Crippen LogP contribution in [0.3, 0.4) is 0 Å². The van der Waals surface area contributed by atoms with Gasteiger partial charge in [0.05, 0.1) is 0 Å². The summed E-state index contributed by atoms with van der Waals surface area (Å²) in [5, 5.41) is 3.75. The number of hydrogen-bond donors (Lipinski definition) is 1. The summed E-state index contributed by atoms with van der Waals surface area (Å²) in [6.45, 7) is 5.94. The molecule has 3 rings (SSSR count). The average molecular weight is 365 g/mol. The summed E-state index contributed by atoms with van der Waals surface area (Å²) in [7, 11) is 0. The number of carbonyl (C=O) groups excluding carboxylic acids is 1.